The van der Waals surface area contributed by atoms with Crippen LogP contribution in [0.25, 0.3) is 0 Å². The first-order valence-corrected chi connectivity index (χ1v) is 7.14. The van der Waals surface area contributed by atoms with Gasteiger partial charge in [0.15, 0.2) is 0 Å². The van der Waals surface area contributed by atoms with E-state index in [-0.39, 0.29) is 12.2 Å². The van der Waals surface area contributed by atoms with Gasteiger partial charge in [-0.05, 0) is 55.8 Å². The molecule has 22 heavy (non-hydrogen) atoms. The zero-order chi connectivity index (χ0) is 16.1. The van der Waals surface area contributed by atoms with Gasteiger partial charge in [0, 0.05) is 5.02 Å². The van der Waals surface area contributed by atoms with E-state index in [1.807, 2.05) is 6.92 Å². The summed E-state index contributed by atoms with van der Waals surface area (Å²) in [6.45, 7) is 3.82. The van der Waals surface area contributed by atoms with Gasteiger partial charge in [0.2, 0.25) is 0 Å². The summed E-state index contributed by atoms with van der Waals surface area (Å²) < 4.78 is 10.2. The molecule has 5 heteroatoms. The third-order valence-corrected chi connectivity index (χ3v) is 3.37. The average molecular weight is 319 g/mol. The van der Waals surface area contributed by atoms with Crippen molar-refractivity contribution < 1.29 is 19.1 Å². The van der Waals surface area contributed by atoms with Gasteiger partial charge in [0.25, 0.3) is 0 Å². The minimum atomic E-state index is -0.548. The number of carbonyl (C=O) groups is 2. The Morgan fingerprint density at radius 1 is 1.05 bits per heavy atom. The second kappa shape index (κ2) is 7.09. The molecule has 0 heterocycles. The van der Waals surface area contributed by atoms with Crippen LogP contribution in [0, 0.1) is 6.92 Å². The first-order chi connectivity index (χ1) is 10.5. The van der Waals surface area contributed by atoms with E-state index in [9.17, 15) is 9.59 Å². The number of halogens is 1. The number of benzene rings is 2. The van der Waals surface area contributed by atoms with Crippen LogP contribution < -0.4 is 4.74 Å². The molecule has 0 unspecified atom stereocenters. The van der Waals surface area contributed by atoms with Gasteiger partial charge in [-0.2, -0.15) is 0 Å². The molecule has 0 N–H and O–H groups in total. The lowest BCUT2D eigenvalue weighted by molar-refractivity contribution is 0.0526. The average Bonchev–Trinajstić information content (AvgIpc) is 2.51. The van der Waals surface area contributed by atoms with Crippen LogP contribution >= 0.6 is 11.6 Å². The SMILES string of the molecule is CCOC(=O)c1cccc(C(=O)Oc2ccc(Cl)c(C)c2)c1. The Balaban J connectivity index is 2.17. The van der Waals surface area contributed by atoms with Crippen molar-refractivity contribution in [1.29, 1.82) is 0 Å². The summed E-state index contributed by atoms with van der Waals surface area (Å²) in [7, 11) is 0. The molecule has 0 amide bonds. The molecule has 0 aliphatic heterocycles. The lowest BCUT2D eigenvalue weighted by Gasteiger charge is -2.07. The quantitative estimate of drug-likeness (QED) is 0.630. The van der Waals surface area contributed by atoms with Gasteiger partial charge in [0.1, 0.15) is 5.75 Å². The van der Waals surface area contributed by atoms with Crippen molar-refractivity contribution in [3.05, 3.63) is 64.2 Å². The molecule has 0 spiro atoms. The Hall–Kier alpha value is -2.33. The summed E-state index contributed by atoms with van der Waals surface area (Å²) >= 11 is 5.93. The number of carbonyl (C=O) groups excluding carboxylic acids is 2. The maximum atomic E-state index is 12.1. The molecular weight excluding hydrogens is 304 g/mol. The fraction of sp³-hybridized carbons (Fsp3) is 0.176. The van der Waals surface area contributed by atoms with Gasteiger partial charge in [-0.1, -0.05) is 17.7 Å². The summed E-state index contributed by atoms with van der Waals surface area (Å²) in [5.41, 5.74) is 1.40. The van der Waals surface area contributed by atoms with Crippen LogP contribution in [-0.2, 0) is 4.74 Å². The topological polar surface area (TPSA) is 52.6 Å². The Kier molecular flexibility index (Phi) is 5.17. The molecule has 4 nitrogen and oxygen atoms in total. The monoisotopic (exact) mass is 318 g/mol. The summed E-state index contributed by atoms with van der Waals surface area (Å²) in [6, 6.07) is 11.2. The van der Waals surface area contributed by atoms with E-state index in [4.69, 9.17) is 21.1 Å². The van der Waals surface area contributed by atoms with E-state index in [1.54, 1.807) is 43.3 Å². The number of hydrogen-bond acceptors (Lipinski definition) is 4. The highest BCUT2D eigenvalue weighted by molar-refractivity contribution is 6.31. The lowest BCUT2D eigenvalue weighted by Crippen LogP contribution is -2.11. The molecule has 2 rings (SSSR count). The number of hydrogen-bond donors (Lipinski definition) is 0. The van der Waals surface area contributed by atoms with Gasteiger partial charge >= 0.3 is 11.9 Å². The predicted molar refractivity (Wildman–Crippen MR) is 83.5 cm³/mol. The van der Waals surface area contributed by atoms with Crippen molar-refractivity contribution >= 4 is 23.5 Å². The summed E-state index contributed by atoms with van der Waals surface area (Å²) in [6.07, 6.45) is 0. The molecule has 0 aromatic heterocycles. The number of aryl methyl sites for hydroxylation is 1. The van der Waals surface area contributed by atoms with Crippen molar-refractivity contribution in [3.63, 3.8) is 0 Å². The normalized spacial score (nSPS) is 10.1. The van der Waals surface area contributed by atoms with Gasteiger partial charge < -0.3 is 9.47 Å². The Morgan fingerprint density at radius 3 is 2.36 bits per heavy atom. The van der Waals surface area contributed by atoms with Crippen LogP contribution in [0.15, 0.2) is 42.5 Å². The van der Waals surface area contributed by atoms with Gasteiger partial charge in [0.05, 0.1) is 17.7 Å². The van der Waals surface area contributed by atoms with Gasteiger partial charge in [-0.25, -0.2) is 9.59 Å². The van der Waals surface area contributed by atoms with Crippen LogP contribution in [0.5, 0.6) is 5.75 Å². The maximum absolute atomic E-state index is 12.1. The molecule has 2 aromatic rings. The molecule has 0 aliphatic rings. The minimum Gasteiger partial charge on any atom is -0.462 e. The Morgan fingerprint density at radius 2 is 1.73 bits per heavy atom. The highest BCUT2D eigenvalue weighted by Gasteiger charge is 2.13. The first-order valence-electron chi connectivity index (χ1n) is 6.76. The highest BCUT2D eigenvalue weighted by Crippen LogP contribution is 2.22. The highest BCUT2D eigenvalue weighted by atomic mass is 35.5. The molecule has 0 saturated heterocycles. The number of rotatable bonds is 4. The van der Waals surface area contributed by atoms with Crippen LogP contribution in [0.2, 0.25) is 5.02 Å². The largest absolute Gasteiger partial charge is 0.462 e. The lowest BCUT2D eigenvalue weighted by atomic mass is 10.1. The molecular formula is C17H15ClO4. The summed E-state index contributed by atoms with van der Waals surface area (Å²) in [4.78, 5) is 23.8. The minimum absolute atomic E-state index is 0.275. The molecule has 0 saturated carbocycles. The van der Waals surface area contributed by atoms with Crippen molar-refractivity contribution in [2.45, 2.75) is 13.8 Å². The second-order valence-corrected chi connectivity index (χ2v) is 5.01. The Labute approximate surface area is 133 Å². The van der Waals surface area contributed by atoms with E-state index < -0.39 is 11.9 Å². The standard InChI is InChI=1S/C17H15ClO4/c1-3-21-16(19)12-5-4-6-13(10-12)17(20)22-14-7-8-15(18)11(2)9-14/h4-10H,3H2,1-2H3. The molecule has 0 fully saturated rings. The third-order valence-electron chi connectivity index (χ3n) is 2.95. The van der Waals surface area contributed by atoms with E-state index in [0.717, 1.165) is 5.56 Å². The van der Waals surface area contributed by atoms with Crippen LogP contribution in [0.3, 0.4) is 0 Å². The predicted octanol–water partition coefficient (Wildman–Crippen LogP) is 4.04. The van der Waals surface area contributed by atoms with E-state index in [1.165, 1.54) is 6.07 Å². The maximum Gasteiger partial charge on any atom is 0.343 e. The van der Waals surface area contributed by atoms with Crippen molar-refractivity contribution in [2.24, 2.45) is 0 Å². The van der Waals surface area contributed by atoms with E-state index >= 15 is 0 Å². The fourth-order valence-electron chi connectivity index (χ4n) is 1.83. The Bertz CT molecular complexity index is 710. The molecule has 114 valence electrons. The molecule has 0 bridgehead atoms. The molecule has 0 atom stereocenters. The molecule has 2 aromatic carbocycles. The summed E-state index contributed by atoms with van der Waals surface area (Å²) in [5, 5.41) is 0.601. The zero-order valence-electron chi connectivity index (χ0n) is 12.3. The summed E-state index contributed by atoms with van der Waals surface area (Å²) in [5.74, 6) is -0.624. The zero-order valence-corrected chi connectivity index (χ0v) is 13.0. The van der Waals surface area contributed by atoms with Crippen LogP contribution in [-0.4, -0.2) is 18.5 Å². The van der Waals surface area contributed by atoms with Crippen LogP contribution in [0.4, 0.5) is 0 Å². The fourth-order valence-corrected chi connectivity index (χ4v) is 1.95. The number of esters is 2. The van der Waals surface area contributed by atoms with Gasteiger partial charge in [-0.3, -0.25) is 0 Å². The van der Waals surface area contributed by atoms with Crippen molar-refractivity contribution in [1.82, 2.24) is 0 Å². The van der Waals surface area contributed by atoms with Gasteiger partial charge in [-0.15, -0.1) is 0 Å². The number of ether oxygens (including phenoxy) is 2. The third kappa shape index (κ3) is 3.86. The van der Waals surface area contributed by atoms with Crippen molar-refractivity contribution in [3.8, 4) is 5.75 Å². The van der Waals surface area contributed by atoms with Crippen LogP contribution in [0.1, 0.15) is 33.2 Å². The van der Waals surface area contributed by atoms with Crippen molar-refractivity contribution in [2.75, 3.05) is 6.61 Å². The first kappa shape index (κ1) is 16.0. The molecule has 0 aliphatic carbocycles. The molecule has 0 radical (unpaired) electrons. The smallest absolute Gasteiger partial charge is 0.343 e. The van der Waals surface area contributed by atoms with E-state index in [2.05, 4.69) is 0 Å². The second-order valence-electron chi connectivity index (χ2n) is 4.60. The van der Waals surface area contributed by atoms with E-state index in [0.29, 0.717) is 16.3 Å².